The van der Waals surface area contributed by atoms with Crippen LogP contribution in [-0.4, -0.2) is 31.5 Å². The van der Waals surface area contributed by atoms with Gasteiger partial charge in [-0.05, 0) is 37.6 Å². The Hall–Kier alpha value is -2.21. The molecule has 0 aliphatic rings. The second-order valence-corrected chi connectivity index (χ2v) is 5.04. The Morgan fingerprint density at radius 3 is 2.86 bits per heavy atom. The Morgan fingerprint density at radius 2 is 2.10 bits per heavy atom. The van der Waals surface area contributed by atoms with Gasteiger partial charge in [0.05, 0.1) is 18.6 Å². The first-order valence-electron chi connectivity index (χ1n) is 6.71. The van der Waals surface area contributed by atoms with E-state index in [0.29, 0.717) is 12.2 Å². The summed E-state index contributed by atoms with van der Waals surface area (Å²) < 4.78 is 0. The number of fused-ring (bicyclic) bond motifs is 1. The SMILES string of the molecule is CCN(Cc1cccc(C)n1)c1nc(Cl)nc2nc[nH]c12. The largest absolute Gasteiger partial charge is 0.349 e. The molecule has 0 saturated heterocycles. The van der Waals surface area contributed by atoms with Crippen LogP contribution >= 0.6 is 11.6 Å². The number of imidazole rings is 1. The summed E-state index contributed by atoms with van der Waals surface area (Å²) in [6.07, 6.45) is 1.60. The van der Waals surface area contributed by atoms with E-state index >= 15 is 0 Å². The number of aromatic amines is 1. The van der Waals surface area contributed by atoms with Gasteiger partial charge in [-0.15, -0.1) is 0 Å². The molecule has 3 aromatic rings. The van der Waals surface area contributed by atoms with Gasteiger partial charge in [0.15, 0.2) is 11.5 Å². The molecule has 6 nitrogen and oxygen atoms in total. The van der Waals surface area contributed by atoms with Crippen molar-refractivity contribution in [2.75, 3.05) is 11.4 Å². The van der Waals surface area contributed by atoms with Gasteiger partial charge in [0.25, 0.3) is 0 Å². The van der Waals surface area contributed by atoms with E-state index in [1.54, 1.807) is 6.33 Å². The van der Waals surface area contributed by atoms with E-state index in [9.17, 15) is 0 Å². The first kappa shape index (κ1) is 13.8. The summed E-state index contributed by atoms with van der Waals surface area (Å²) in [7, 11) is 0. The van der Waals surface area contributed by atoms with Crippen molar-refractivity contribution in [2.45, 2.75) is 20.4 Å². The van der Waals surface area contributed by atoms with E-state index in [-0.39, 0.29) is 5.28 Å². The summed E-state index contributed by atoms with van der Waals surface area (Å²) >= 11 is 5.99. The number of rotatable bonds is 4. The van der Waals surface area contributed by atoms with E-state index < -0.39 is 0 Å². The van der Waals surface area contributed by atoms with Gasteiger partial charge in [0.1, 0.15) is 5.52 Å². The van der Waals surface area contributed by atoms with E-state index in [0.717, 1.165) is 29.3 Å². The number of nitrogens with one attached hydrogen (secondary N) is 1. The fourth-order valence-electron chi connectivity index (χ4n) is 2.24. The number of hydrogen-bond acceptors (Lipinski definition) is 5. The molecule has 3 heterocycles. The predicted octanol–water partition coefficient (Wildman–Crippen LogP) is 2.74. The third kappa shape index (κ3) is 2.80. The van der Waals surface area contributed by atoms with E-state index in [1.165, 1.54) is 0 Å². The second kappa shape index (κ2) is 5.65. The van der Waals surface area contributed by atoms with Gasteiger partial charge in [0.2, 0.25) is 5.28 Å². The number of aryl methyl sites for hydroxylation is 1. The van der Waals surface area contributed by atoms with Gasteiger partial charge in [-0.25, -0.2) is 4.98 Å². The molecule has 0 aliphatic carbocycles. The number of H-pyrrole nitrogens is 1. The molecule has 3 rings (SSSR count). The van der Waals surface area contributed by atoms with Gasteiger partial charge in [-0.1, -0.05) is 6.07 Å². The smallest absolute Gasteiger partial charge is 0.226 e. The van der Waals surface area contributed by atoms with E-state index in [2.05, 4.69) is 36.7 Å². The highest BCUT2D eigenvalue weighted by molar-refractivity contribution is 6.28. The molecule has 0 spiro atoms. The Kier molecular flexibility index (Phi) is 3.70. The van der Waals surface area contributed by atoms with Crippen LogP contribution in [0.1, 0.15) is 18.3 Å². The Bertz CT molecular complexity index is 769. The molecule has 21 heavy (non-hydrogen) atoms. The fraction of sp³-hybridized carbons (Fsp3) is 0.286. The molecule has 0 unspecified atom stereocenters. The average molecular weight is 303 g/mol. The fourth-order valence-corrected chi connectivity index (χ4v) is 2.40. The van der Waals surface area contributed by atoms with Gasteiger partial charge in [0, 0.05) is 12.2 Å². The summed E-state index contributed by atoms with van der Waals surface area (Å²) in [6, 6.07) is 5.99. The highest BCUT2D eigenvalue weighted by Crippen LogP contribution is 2.23. The number of pyridine rings is 1. The van der Waals surface area contributed by atoms with Crippen molar-refractivity contribution in [1.29, 1.82) is 0 Å². The molecule has 0 saturated carbocycles. The van der Waals surface area contributed by atoms with Crippen LogP contribution in [-0.2, 0) is 6.54 Å². The minimum absolute atomic E-state index is 0.195. The number of aromatic nitrogens is 5. The Balaban J connectivity index is 2.00. The molecule has 108 valence electrons. The van der Waals surface area contributed by atoms with Crippen molar-refractivity contribution in [3.63, 3.8) is 0 Å². The van der Waals surface area contributed by atoms with Crippen molar-refractivity contribution >= 4 is 28.6 Å². The van der Waals surface area contributed by atoms with Gasteiger partial charge >= 0.3 is 0 Å². The quantitative estimate of drug-likeness (QED) is 0.750. The second-order valence-electron chi connectivity index (χ2n) is 4.70. The number of hydrogen-bond donors (Lipinski definition) is 1. The molecular formula is C14H15ClN6. The van der Waals surface area contributed by atoms with Gasteiger partial charge in [-0.3, -0.25) is 4.98 Å². The topological polar surface area (TPSA) is 70.6 Å². The summed E-state index contributed by atoms with van der Waals surface area (Å²) in [6.45, 7) is 5.47. The maximum absolute atomic E-state index is 5.99. The van der Waals surface area contributed by atoms with Crippen LogP contribution in [0.3, 0.4) is 0 Å². The van der Waals surface area contributed by atoms with Crippen LogP contribution in [0.4, 0.5) is 5.82 Å². The van der Waals surface area contributed by atoms with E-state index in [1.807, 2.05) is 25.1 Å². The molecule has 7 heteroatoms. The number of nitrogens with zero attached hydrogens (tertiary/aromatic N) is 5. The minimum Gasteiger partial charge on any atom is -0.349 e. The molecule has 0 radical (unpaired) electrons. The normalized spacial score (nSPS) is 11.0. The molecule has 0 aliphatic heterocycles. The van der Waals surface area contributed by atoms with Crippen molar-refractivity contribution in [1.82, 2.24) is 24.9 Å². The molecule has 0 fully saturated rings. The highest BCUT2D eigenvalue weighted by atomic mass is 35.5. The summed E-state index contributed by atoms with van der Waals surface area (Å²) in [5.41, 5.74) is 3.34. The Morgan fingerprint density at radius 1 is 1.24 bits per heavy atom. The third-order valence-corrected chi connectivity index (χ3v) is 3.39. The zero-order chi connectivity index (χ0) is 14.8. The highest BCUT2D eigenvalue weighted by Gasteiger charge is 2.15. The molecule has 3 aromatic heterocycles. The molecule has 0 aromatic carbocycles. The van der Waals surface area contributed by atoms with Crippen LogP contribution in [0.2, 0.25) is 5.28 Å². The van der Waals surface area contributed by atoms with Crippen molar-refractivity contribution in [3.8, 4) is 0 Å². The van der Waals surface area contributed by atoms with Crippen LogP contribution in [0.15, 0.2) is 24.5 Å². The zero-order valence-electron chi connectivity index (χ0n) is 11.8. The summed E-state index contributed by atoms with van der Waals surface area (Å²) in [5.74, 6) is 0.744. The molecule has 0 atom stereocenters. The minimum atomic E-state index is 0.195. The lowest BCUT2D eigenvalue weighted by Crippen LogP contribution is -2.24. The Labute approximate surface area is 127 Å². The third-order valence-electron chi connectivity index (χ3n) is 3.22. The maximum atomic E-state index is 5.99. The van der Waals surface area contributed by atoms with Gasteiger partial charge in [-0.2, -0.15) is 9.97 Å². The first-order valence-corrected chi connectivity index (χ1v) is 7.09. The monoisotopic (exact) mass is 302 g/mol. The summed E-state index contributed by atoms with van der Waals surface area (Å²) in [4.78, 5) is 22.3. The molecule has 0 amide bonds. The standard InChI is InChI=1S/C14H15ClN6/c1-3-21(7-10-6-4-5-9(2)18-10)13-11-12(17-8-16-11)19-14(15)20-13/h4-6,8H,3,7H2,1-2H3,(H,16,17,19,20). The summed E-state index contributed by atoms with van der Waals surface area (Å²) in [5, 5.41) is 0.195. The van der Waals surface area contributed by atoms with Crippen LogP contribution in [0.25, 0.3) is 11.2 Å². The van der Waals surface area contributed by atoms with Crippen LogP contribution in [0.5, 0.6) is 0 Å². The average Bonchev–Trinajstić information content (AvgIpc) is 2.92. The van der Waals surface area contributed by atoms with Crippen molar-refractivity contribution in [2.24, 2.45) is 0 Å². The van der Waals surface area contributed by atoms with Crippen LogP contribution in [0, 0.1) is 6.92 Å². The van der Waals surface area contributed by atoms with Crippen molar-refractivity contribution < 1.29 is 0 Å². The number of anilines is 1. The molecule has 0 bridgehead atoms. The molecule has 1 N–H and O–H groups in total. The lowest BCUT2D eigenvalue weighted by molar-refractivity contribution is 0.792. The lowest BCUT2D eigenvalue weighted by atomic mass is 10.3. The van der Waals surface area contributed by atoms with Crippen LogP contribution < -0.4 is 4.90 Å². The lowest BCUT2D eigenvalue weighted by Gasteiger charge is -2.22. The predicted molar refractivity (Wildman–Crippen MR) is 82.4 cm³/mol. The zero-order valence-corrected chi connectivity index (χ0v) is 12.6. The van der Waals surface area contributed by atoms with E-state index in [4.69, 9.17) is 11.6 Å². The van der Waals surface area contributed by atoms with Gasteiger partial charge < -0.3 is 9.88 Å². The number of halogens is 1. The maximum Gasteiger partial charge on any atom is 0.226 e. The molecular weight excluding hydrogens is 288 g/mol. The first-order chi connectivity index (χ1) is 10.2. The van der Waals surface area contributed by atoms with Crippen molar-refractivity contribution in [3.05, 3.63) is 41.2 Å².